The second kappa shape index (κ2) is 4.40. The van der Waals surface area contributed by atoms with Crippen LogP contribution in [0.25, 0.3) is 10.8 Å². The highest BCUT2D eigenvalue weighted by atomic mass is 14.8. The quantitative estimate of drug-likeness (QED) is 0.793. The molecule has 1 aliphatic carbocycles. The summed E-state index contributed by atoms with van der Waals surface area (Å²) < 4.78 is 0. The molecule has 3 rings (SSSR count). The van der Waals surface area contributed by atoms with Gasteiger partial charge in [0.1, 0.15) is 0 Å². The van der Waals surface area contributed by atoms with Crippen LogP contribution in [0.1, 0.15) is 38.2 Å². The lowest BCUT2D eigenvalue weighted by Gasteiger charge is -2.40. The standard InChI is InChI=1S/C17H21N/c1-13-6-4-5-11-17(13,18)16-10-9-14-7-2-3-8-15(14)12-16/h2-3,7-10,12-13H,4-6,11,18H2,1H3. The summed E-state index contributed by atoms with van der Waals surface area (Å²) in [6.07, 6.45) is 4.96. The first-order valence-corrected chi connectivity index (χ1v) is 6.98. The fourth-order valence-corrected chi connectivity index (χ4v) is 3.28. The second-order valence-electron chi connectivity index (χ2n) is 5.75. The Bertz CT molecular complexity index is 560. The molecule has 0 amide bonds. The van der Waals surface area contributed by atoms with E-state index in [1.165, 1.54) is 35.6 Å². The lowest BCUT2D eigenvalue weighted by atomic mass is 9.70. The first kappa shape index (κ1) is 11.7. The molecule has 0 saturated heterocycles. The van der Waals surface area contributed by atoms with Crippen LogP contribution in [0.3, 0.4) is 0 Å². The highest BCUT2D eigenvalue weighted by Crippen LogP contribution is 2.40. The molecule has 1 saturated carbocycles. The summed E-state index contributed by atoms with van der Waals surface area (Å²) in [5, 5.41) is 2.60. The van der Waals surface area contributed by atoms with Gasteiger partial charge in [-0.1, -0.05) is 56.2 Å². The van der Waals surface area contributed by atoms with Crippen molar-refractivity contribution in [1.82, 2.24) is 0 Å². The molecule has 0 spiro atoms. The molecule has 1 aliphatic rings. The van der Waals surface area contributed by atoms with Gasteiger partial charge in [-0.3, -0.25) is 0 Å². The van der Waals surface area contributed by atoms with Gasteiger partial charge in [-0.15, -0.1) is 0 Å². The summed E-state index contributed by atoms with van der Waals surface area (Å²) in [5.74, 6) is 0.576. The van der Waals surface area contributed by atoms with Crippen LogP contribution in [-0.4, -0.2) is 0 Å². The molecule has 1 nitrogen and oxygen atoms in total. The van der Waals surface area contributed by atoms with E-state index in [4.69, 9.17) is 5.73 Å². The Morgan fingerprint density at radius 3 is 2.61 bits per heavy atom. The molecule has 1 heteroatoms. The van der Waals surface area contributed by atoms with Gasteiger partial charge in [0.05, 0.1) is 0 Å². The monoisotopic (exact) mass is 239 g/mol. The molecule has 0 bridgehead atoms. The van der Waals surface area contributed by atoms with Crippen LogP contribution in [0.4, 0.5) is 0 Å². The first-order chi connectivity index (χ1) is 8.70. The minimum atomic E-state index is -0.123. The molecule has 2 unspecified atom stereocenters. The summed E-state index contributed by atoms with van der Waals surface area (Å²) in [5.41, 5.74) is 7.91. The average molecular weight is 239 g/mol. The molecular formula is C17H21N. The maximum absolute atomic E-state index is 6.71. The van der Waals surface area contributed by atoms with Crippen molar-refractivity contribution in [3.63, 3.8) is 0 Å². The van der Waals surface area contributed by atoms with E-state index in [1.54, 1.807) is 0 Å². The molecule has 0 radical (unpaired) electrons. The third-order valence-electron chi connectivity index (χ3n) is 4.64. The predicted octanol–water partition coefficient (Wildman–Crippen LogP) is 4.20. The Kier molecular flexibility index (Phi) is 2.87. The van der Waals surface area contributed by atoms with E-state index in [0.717, 1.165) is 6.42 Å². The Labute approximate surface area is 109 Å². The summed E-state index contributed by atoms with van der Waals surface area (Å²) >= 11 is 0. The van der Waals surface area contributed by atoms with E-state index < -0.39 is 0 Å². The van der Waals surface area contributed by atoms with Crippen molar-refractivity contribution in [2.75, 3.05) is 0 Å². The highest BCUT2D eigenvalue weighted by Gasteiger charge is 2.35. The third-order valence-corrected chi connectivity index (χ3v) is 4.64. The van der Waals surface area contributed by atoms with E-state index >= 15 is 0 Å². The van der Waals surface area contributed by atoms with Crippen molar-refractivity contribution in [2.45, 2.75) is 38.1 Å². The van der Waals surface area contributed by atoms with Crippen LogP contribution in [0, 0.1) is 5.92 Å². The number of hydrogen-bond acceptors (Lipinski definition) is 1. The summed E-state index contributed by atoms with van der Waals surface area (Å²) in [4.78, 5) is 0. The maximum Gasteiger partial charge on any atom is 0.0435 e. The number of fused-ring (bicyclic) bond motifs is 1. The highest BCUT2D eigenvalue weighted by molar-refractivity contribution is 5.83. The Morgan fingerprint density at radius 1 is 1.06 bits per heavy atom. The largest absolute Gasteiger partial charge is 0.321 e. The van der Waals surface area contributed by atoms with Crippen LogP contribution < -0.4 is 5.73 Å². The van der Waals surface area contributed by atoms with Crippen molar-refractivity contribution in [3.8, 4) is 0 Å². The summed E-state index contributed by atoms with van der Waals surface area (Å²) in [7, 11) is 0. The van der Waals surface area contributed by atoms with Gasteiger partial charge in [0.15, 0.2) is 0 Å². The van der Waals surface area contributed by atoms with Crippen LogP contribution in [-0.2, 0) is 5.54 Å². The van der Waals surface area contributed by atoms with Gasteiger partial charge in [-0.05, 0) is 41.2 Å². The number of nitrogens with two attached hydrogens (primary N) is 1. The van der Waals surface area contributed by atoms with E-state index in [2.05, 4.69) is 49.4 Å². The fraction of sp³-hybridized carbons (Fsp3) is 0.412. The zero-order valence-electron chi connectivity index (χ0n) is 11.0. The number of rotatable bonds is 1. The predicted molar refractivity (Wildman–Crippen MR) is 77.4 cm³/mol. The SMILES string of the molecule is CC1CCCCC1(N)c1ccc2ccccc2c1. The van der Waals surface area contributed by atoms with Gasteiger partial charge in [0, 0.05) is 5.54 Å². The molecule has 0 aliphatic heterocycles. The lowest BCUT2D eigenvalue weighted by molar-refractivity contribution is 0.207. The average Bonchev–Trinajstić information content (AvgIpc) is 2.42. The topological polar surface area (TPSA) is 26.0 Å². The van der Waals surface area contributed by atoms with Crippen molar-refractivity contribution < 1.29 is 0 Å². The summed E-state index contributed by atoms with van der Waals surface area (Å²) in [6, 6.07) is 15.2. The van der Waals surface area contributed by atoms with Gasteiger partial charge in [-0.2, -0.15) is 0 Å². The van der Waals surface area contributed by atoms with Gasteiger partial charge < -0.3 is 5.73 Å². The lowest BCUT2D eigenvalue weighted by Crippen LogP contribution is -2.45. The number of benzene rings is 2. The molecule has 2 N–H and O–H groups in total. The van der Waals surface area contributed by atoms with Gasteiger partial charge >= 0.3 is 0 Å². The molecule has 2 atom stereocenters. The van der Waals surface area contributed by atoms with Crippen LogP contribution in [0.5, 0.6) is 0 Å². The fourth-order valence-electron chi connectivity index (χ4n) is 3.28. The molecule has 2 aromatic rings. The van der Waals surface area contributed by atoms with E-state index in [0.29, 0.717) is 5.92 Å². The van der Waals surface area contributed by atoms with Crippen molar-refractivity contribution in [1.29, 1.82) is 0 Å². The van der Waals surface area contributed by atoms with Crippen LogP contribution in [0.15, 0.2) is 42.5 Å². The Hall–Kier alpha value is -1.34. The first-order valence-electron chi connectivity index (χ1n) is 6.98. The normalized spacial score (nSPS) is 28.4. The van der Waals surface area contributed by atoms with Gasteiger partial charge in [0.2, 0.25) is 0 Å². The van der Waals surface area contributed by atoms with Gasteiger partial charge in [-0.25, -0.2) is 0 Å². The number of hydrogen-bond donors (Lipinski definition) is 1. The summed E-state index contributed by atoms with van der Waals surface area (Å²) in [6.45, 7) is 2.30. The maximum atomic E-state index is 6.71. The van der Waals surface area contributed by atoms with Gasteiger partial charge in [0.25, 0.3) is 0 Å². The molecule has 18 heavy (non-hydrogen) atoms. The molecule has 0 aromatic heterocycles. The Balaban J connectivity index is 2.07. The van der Waals surface area contributed by atoms with E-state index in [9.17, 15) is 0 Å². The van der Waals surface area contributed by atoms with Crippen LogP contribution in [0.2, 0.25) is 0 Å². The smallest absolute Gasteiger partial charge is 0.0435 e. The third kappa shape index (κ3) is 1.83. The minimum absolute atomic E-state index is 0.123. The molecular weight excluding hydrogens is 218 g/mol. The molecule has 1 fully saturated rings. The molecule has 2 aromatic carbocycles. The molecule has 0 heterocycles. The second-order valence-corrected chi connectivity index (χ2v) is 5.75. The Morgan fingerprint density at radius 2 is 1.83 bits per heavy atom. The van der Waals surface area contributed by atoms with Crippen molar-refractivity contribution in [2.24, 2.45) is 11.7 Å². The van der Waals surface area contributed by atoms with E-state index in [-0.39, 0.29) is 5.54 Å². The molecule has 94 valence electrons. The minimum Gasteiger partial charge on any atom is -0.321 e. The zero-order chi connectivity index (χ0) is 12.6. The van der Waals surface area contributed by atoms with E-state index in [1.807, 2.05) is 0 Å². The zero-order valence-corrected chi connectivity index (χ0v) is 11.0. The van der Waals surface area contributed by atoms with Crippen molar-refractivity contribution >= 4 is 10.8 Å². The van der Waals surface area contributed by atoms with Crippen molar-refractivity contribution in [3.05, 3.63) is 48.0 Å². The van der Waals surface area contributed by atoms with Crippen LogP contribution >= 0.6 is 0 Å².